The lowest BCUT2D eigenvalue weighted by Crippen LogP contribution is -2.34. The van der Waals surface area contributed by atoms with Gasteiger partial charge in [-0.05, 0) is 41.1 Å². The van der Waals surface area contributed by atoms with Crippen LogP contribution in [0.15, 0.2) is 71.9 Å². The van der Waals surface area contributed by atoms with Gasteiger partial charge >= 0.3 is 0 Å². The summed E-state index contributed by atoms with van der Waals surface area (Å²) in [7, 11) is 0. The van der Waals surface area contributed by atoms with Crippen LogP contribution in [0.1, 0.15) is 10.4 Å². The lowest BCUT2D eigenvalue weighted by Gasteiger charge is -2.15. The third-order valence-corrected chi connectivity index (χ3v) is 5.39. The van der Waals surface area contributed by atoms with Gasteiger partial charge in [0.15, 0.2) is 0 Å². The Balaban J connectivity index is 1.48. The molecule has 2 atom stereocenters. The Morgan fingerprint density at radius 3 is 2.41 bits per heavy atom. The second-order valence-electron chi connectivity index (χ2n) is 6.86. The van der Waals surface area contributed by atoms with E-state index in [4.69, 9.17) is 16.4 Å². The lowest BCUT2D eigenvalue weighted by molar-refractivity contribution is -0.126. The molecule has 6 nitrogen and oxygen atoms in total. The van der Waals surface area contributed by atoms with E-state index < -0.39 is 29.6 Å². The fourth-order valence-corrected chi connectivity index (χ4v) is 3.82. The van der Waals surface area contributed by atoms with Crippen molar-refractivity contribution in [3.63, 3.8) is 0 Å². The number of nitrogens with zero attached hydrogens (tertiary/aromatic N) is 2. The smallest absolute Gasteiger partial charge is 0.278 e. The molecule has 1 saturated heterocycles. The van der Waals surface area contributed by atoms with Crippen LogP contribution in [-0.4, -0.2) is 29.4 Å². The summed E-state index contributed by atoms with van der Waals surface area (Å²) in [4.78, 5) is 45.0. The molecule has 3 aromatic carbocycles. The number of carbonyl (C=O) groups excluding carboxylic acids is 3. The van der Waals surface area contributed by atoms with Crippen molar-refractivity contribution in [2.45, 2.75) is 6.10 Å². The van der Waals surface area contributed by atoms with E-state index in [2.05, 4.69) is 5.16 Å². The van der Waals surface area contributed by atoms with E-state index >= 15 is 0 Å². The Hall–Kier alpha value is -3.51. The number of benzene rings is 3. The molecule has 2 aliphatic rings. The van der Waals surface area contributed by atoms with Gasteiger partial charge in [-0.1, -0.05) is 53.2 Å². The fourth-order valence-electron chi connectivity index (χ4n) is 3.69. The molecule has 142 valence electrons. The molecule has 0 spiro atoms. The van der Waals surface area contributed by atoms with Crippen molar-refractivity contribution < 1.29 is 19.2 Å². The molecular weight excluding hydrogens is 392 g/mol. The highest BCUT2D eigenvalue weighted by Gasteiger charge is 2.57. The Bertz CT molecular complexity index is 1220. The number of amides is 2. The molecule has 0 radical (unpaired) electrons. The second kappa shape index (κ2) is 6.53. The first-order valence-corrected chi connectivity index (χ1v) is 9.33. The topological polar surface area (TPSA) is 76.0 Å². The zero-order valence-electron chi connectivity index (χ0n) is 14.9. The highest BCUT2D eigenvalue weighted by molar-refractivity contribution is 6.52. The normalized spacial score (nSPS) is 20.6. The molecule has 3 aromatic rings. The van der Waals surface area contributed by atoms with Crippen molar-refractivity contribution in [2.24, 2.45) is 11.1 Å². The largest absolute Gasteiger partial charge is 0.381 e. The van der Waals surface area contributed by atoms with Gasteiger partial charge < -0.3 is 4.84 Å². The molecular formula is C22H13ClN2O4. The summed E-state index contributed by atoms with van der Waals surface area (Å²) in [5, 5.41) is 6.17. The van der Waals surface area contributed by atoms with Crippen molar-refractivity contribution in [1.29, 1.82) is 0 Å². The Morgan fingerprint density at radius 2 is 1.66 bits per heavy atom. The zero-order chi connectivity index (χ0) is 20.1. The van der Waals surface area contributed by atoms with Gasteiger partial charge in [0.05, 0.1) is 5.69 Å². The molecule has 7 heteroatoms. The number of fused-ring (bicyclic) bond motifs is 2. The predicted molar refractivity (Wildman–Crippen MR) is 108 cm³/mol. The molecule has 29 heavy (non-hydrogen) atoms. The number of ketones is 1. The molecule has 2 aliphatic heterocycles. The highest BCUT2D eigenvalue weighted by Crippen LogP contribution is 2.34. The molecule has 0 N–H and O–H groups in total. The molecule has 0 aromatic heterocycles. The van der Waals surface area contributed by atoms with Crippen molar-refractivity contribution >= 4 is 51.4 Å². The molecule has 1 fully saturated rings. The van der Waals surface area contributed by atoms with Crippen molar-refractivity contribution in [1.82, 2.24) is 0 Å². The zero-order valence-corrected chi connectivity index (χ0v) is 15.7. The summed E-state index contributed by atoms with van der Waals surface area (Å²) >= 11 is 5.88. The highest BCUT2D eigenvalue weighted by atomic mass is 35.5. The van der Waals surface area contributed by atoms with Crippen LogP contribution < -0.4 is 4.90 Å². The molecule has 0 bridgehead atoms. The summed E-state index contributed by atoms with van der Waals surface area (Å²) in [6, 6.07) is 19.2. The van der Waals surface area contributed by atoms with E-state index in [1.54, 1.807) is 36.4 Å². The van der Waals surface area contributed by atoms with Gasteiger partial charge in [0.1, 0.15) is 11.6 Å². The minimum absolute atomic E-state index is 0.0555. The van der Waals surface area contributed by atoms with E-state index in [9.17, 15) is 14.4 Å². The monoisotopic (exact) mass is 404 g/mol. The Kier molecular flexibility index (Phi) is 3.96. The van der Waals surface area contributed by atoms with Crippen LogP contribution >= 0.6 is 11.6 Å². The van der Waals surface area contributed by atoms with Crippen LogP contribution in [0.5, 0.6) is 0 Å². The van der Waals surface area contributed by atoms with Gasteiger partial charge in [-0.25, -0.2) is 4.90 Å². The van der Waals surface area contributed by atoms with Crippen LogP contribution in [0.2, 0.25) is 5.02 Å². The number of halogens is 1. The van der Waals surface area contributed by atoms with Crippen LogP contribution in [0.25, 0.3) is 10.8 Å². The van der Waals surface area contributed by atoms with Crippen LogP contribution in [0.3, 0.4) is 0 Å². The first-order chi connectivity index (χ1) is 14.0. The number of hydrogen-bond donors (Lipinski definition) is 0. The van der Waals surface area contributed by atoms with Gasteiger partial charge in [-0.3, -0.25) is 14.4 Å². The van der Waals surface area contributed by atoms with E-state index in [1.807, 2.05) is 30.3 Å². The average molecular weight is 405 g/mol. The summed E-state index contributed by atoms with van der Waals surface area (Å²) in [6.45, 7) is 0. The minimum Gasteiger partial charge on any atom is -0.381 e. The number of hydrogen-bond acceptors (Lipinski definition) is 5. The van der Waals surface area contributed by atoms with Gasteiger partial charge in [0, 0.05) is 10.6 Å². The number of oxime groups is 1. The summed E-state index contributed by atoms with van der Waals surface area (Å²) in [5.41, 5.74) is 0.705. The second-order valence-corrected chi connectivity index (χ2v) is 7.30. The first kappa shape index (κ1) is 17.6. The molecule has 0 unspecified atom stereocenters. The maximum atomic E-state index is 13.1. The Labute approximate surface area is 170 Å². The van der Waals surface area contributed by atoms with Gasteiger partial charge in [-0.2, -0.15) is 0 Å². The fraction of sp³-hybridized carbons (Fsp3) is 0.0909. The van der Waals surface area contributed by atoms with E-state index in [-0.39, 0.29) is 5.71 Å². The average Bonchev–Trinajstić information content (AvgIpc) is 3.28. The number of carbonyl (C=O) groups is 3. The van der Waals surface area contributed by atoms with E-state index in [0.29, 0.717) is 16.3 Å². The number of imide groups is 1. The van der Waals surface area contributed by atoms with Crippen molar-refractivity contribution in [3.8, 4) is 0 Å². The number of rotatable bonds is 3. The van der Waals surface area contributed by atoms with Crippen molar-refractivity contribution in [2.75, 3.05) is 4.90 Å². The van der Waals surface area contributed by atoms with Gasteiger partial charge in [0.25, 0.3) is 5.91 Å². The minimum atomic E-state index is -1.13. The third kappa shape index (κ3) is 2.72. The summed E-state index contributed by atoms with van der Waals surface area (Å²) in [6.07, 6.45) is -1.13. The van der Waals surface area contributed by atoms with Crippen molar-refractivity contribution in [3.05, 3.63) is 77.3 Å². The molecule has 2 heterocycles. The first-order valence-electron chi connectivity index (χ1n) is 8.95. The van der Waals surface area contributed by atoms with E-state index in [0.717, 1.165) is 15.7 Å². The number of Topliss-reactive ketones (excluding diaryl/α,β-unsaturated/α-hetero) is 1. The standard InChI is InChI=1S/C22H13ClN2O4/c23-15-7-9-16(10-8-15)25-21(27)17-18(24-29-20(17)22(25)28)19(26)14-6-5-12-3-1-2-4-13(12)11-14/h1-11,17,20H/t17-,20+/m1/s1. The molecule has 0 aliphatic carbocycles. The van der Waals surface area contributed by atoms with Gasteiger partial charge in [-0.15, -0.1) is 0 Å². The lowest BCUT2D eigenvalue weighted by atomic mass is 9.92. The van der Waals surface area contributed by atoms with Crippen LogP contribution in [-0.2, 0) is 14.4 Å². The third-order valence-electron chi connectivity index (χ3n) is 5.14. The summed E-state index contributed by atoms with van der Waals surface area (Å²) in [5.74, 6) is -2.57. The number of anilines is 1. The van der Waals surface area contributed by atoms with Crippen LogP contribution in [0, 0.1) is 5.92 Å². The Morgan fingerprint density at radius 1 is 0.931 bits per heavy atom. The molecule has 0 saturated carbocycles. The van der Waals surface area contributed by atoms with Crippen LogP contribution in [0.4, 0.5) is 5.69 Å². The maximum absolute atomic E-state index is 13.1. The quantitative estimate of drug-likeness (QED) is 0.493. The predicted octanol–water partition coefficient (Wildman–Crippen LogP) is 3.62. The van der Waals surface area contributed by atoms with Gasteiger partial charge in [0.2, 0.25) is 17.8 Å². The SMILES string of the molecule is O=C(C1=NO[C@@H]2C(=O)N(c3ccc(Cl)cc3)C(=O)[C@H]12)c1ccc2ccccc2c1. The molecule has 2 amide bonds. The maximum Gasteiger partial charge on any atom is 0.278 e. The van der Waals surface area contributed by atoms with E-state index in [1.165, 1.54) is 0 Å². The molecule has 5 rings (SSSR count). The summed E-state index contributed by atoms with van der Waals surface area (Å²) < 4.78 is 0.